The Balaban J connectivity index is 2.20. The zero-order chi connectivity index (χ0) is 12.0. The number of nitrogen functional groups attached to an aromatic ring is 1. The molecule has 0 aliphatic rings. The third-order valence-electron chi connectivity index (χ3n) is 2.83. The molecule has 0 radical (unpaired) electrons. The van der Waals surface area contributed by atoms with Crippen molar-refractivity contribution in [2.24, 2.45) is 0 Å². The minimum Gasteiger partial charge on any atom is -0.441 e. The Morgan fingerprint density at radius 3 is 2.82 bits per heavy atom. The first-order valence-electron chi connectivity index (χ1n) is 5.33. The van der Waals surface area contributed by atoms with Crippen LogP contribution in [0, 0.1) is 13.8 Å². The van der Waals surface area contributed by atoms with Crippen LogP contribution in [0.1, 0.15) is 11.5 Å². The number of nitrogens with two attached hydrogens (primary N) is 1. The SMILES string of the molecule is Cc1nc2ccc(-c3[nH]nc(N)c3C)cc2o1. The van der Waals surface area contributed by atoms with Crippen LogP contribution < -0.4 is 5.73 Å². The van der Waals surface area contributed by atoms with E-state index in [4.69, 9.17) is 10.2 Å². The number of hydrogen-bond acceptors (Lipinski definition) is 4. The Morgan fingerprint density at radius 1 is 1.29 bits per heavy atom. The summed E-state index contributed by atoms with van der Waals surface area (Å²) in [6.07, 6.45) is 0. The van der Waals surface area contributed by atoms with E-state index in [-0.39, 0.29) is 0 Å². The van der Waals surface area contributed by atoms with Gasteiger partial charge in [-0.3, -0.25) is 5.10 Å². The monoisotopic (exact) mass is 228 g/mol. The molecule has 2 heterocycles. The normalized spacial score (nSPS) is 11.2. The molecule has 0 saturated heterocycles. The molecule has 3 N–H and O–H groups in total. The van der Waals surface area contributed by atoms with Gasteiger partial charge >= 0.3 is 0 Å². The van der Waals surface area contributed by atoms with Crippen molar-refractivity contribution in [3.63, 3.8) is 0 Å². The van der Waals surface area contributed by atoms with Gasteiger partial charge in [-0.05, 0) is 19.1 Å². The summed E-state index contributed by atoms with van der Waals surface area (Å²) in [4.78, 5) is 4.26. The molecule has 17 heavy (non-hydrogen) atoms. The summed E-state index contributed by atoms with van der Waals surface area (Å²) >= 11 is 0. The highest BCUT2D eigenvalue weighted by atomic mass is 16.3. The standard InChI is InChI=1S/C12H12N4O/c1-6-11(15-16-12(6)13)8-3-4-9-10(5-8)17-7(2)14-9/h3-5H,1-2H3,(H3,13,15,16). The van der Waals surface area contributed by atoms with Gasteiger partial charge in [0.2, 0.25) is 0 Å². The van der Waals surface area contributed by atoms with Crippen LogP contribution in [0.4, 0.5) is 5.82 Å². The number of nitrogens with one attached hydrogen (secondary N) is 1. The van der Waals surface area contributed by atoms with Gasteiger partial charge in [0.25, 0.3) is 0 Å². The van der Waals surface area contributed by atoms with Gasteiger partial charge in [0.15, 0.2) is 11.5 Å². The molecule has 0 unspecified atom stereocenters. The second-order valence-electron chi connectivity index (χ2n) is 4.02. The minimum absolute atomic E-state index is 0.522. The summed E-state index contributed by atoms with van der Waals surface area (Å²) < 4.78 is 5.50. The lowest BCUT2D eigenvalue weighted by Crippen LogP contribution is -1.86. The fourth-order valence-electron chi connectivity index (χ4n) is 1.89. The fraction of sp³-hybridized carbons (Fsp3) is 0.167. The van der Waals surface area contributed by atoms with E-state index in [9.17, 15) is 0 Å². The fourth-order valence-corrected chi connectivity index (χ4v) is 1.89. The quantitative estimate of drug-likeness (QED) is 0.670. The Morgan fingerprint density at radius 2 is 2.12 bits per heavy atom. The number of anilines is 1. The lowest BCUT2D eigenvalue weighted by molar-refractivity contribution is 0.561. The highest BCUT2D eigenvalue weighted by Crippen LogP contribution is 2.27. The van der Waals surface area contributed by atoms with Crippen molar-refractivity contribution >= 4 is 16.9 Å². The summed E-state index contributed by atoms with van der Waals surface area (Å²) in [6, 6.07) is 5.84. The molecule has 3 rings (SSSR count). The number of hydrogen-bond donors (Lipinski definition) is 2. The van der Waals surface area contributed by atoms with Crippen molar-refractivity contribution in [2.75, 3.05) is 5.73 Å². The zero-order valence-corrected chi connectivity index (χ0v) is 9.61. The molecule has 0 spiro atoms. The van der Waals surface area contributed by atoms with Crippen molar-refractivity contribution in [3.8, 4) is 11.3 Å². The maximum atomic E-state index is 5.72. The molecule has 3 aromatic rings. The van der Waals surface area contributed by atoms with Crippen LogP contribution in [0.2, 0.25) is 0 Å². The van der Waals surface area contributed by atoms with Gasteiger partial charge in [0.1, 0.15) is 11.3 Å². The largest absolute Gasteiger partial charge is 0.441 e. The molecule has 0 amide bonds. The molecule has 86 valence electrons. The summed E-state index contributed by atoms with van der Waals surface area (Å²) in [7, 11) is 0. The summed E-state index contributed by atoms with van der Waals surface area (Å²) in [5, 5.41) is 6.91. The van der Waals surface area contributed by atoms with Crippen molar-refractivity contribution in [3.05, 3.63) is 29.7 Å². The van der Waals surface area contributed by atoms with Gasteiger partial charge in [0.05, 0.1) is 5.69 Å². The molecule has 1 aromatic carbocycles. The maximum absolute atomic E-state index is 5.72. The highest BCUT2D eigenvalue weighted by molar-refractivity contribution is 5.80. The van der Waals surface area contributed by atoms with Crippen LogP contribution in [0.3, 0.4) is 0 Å². The smallest absolute Gasteiger partial charge is 0.192 e. The molecule has 0 atom stereocenters. The first-order chi connectivity index (χ1) is 8.15. The summed E-state index contributed by atoms with van der Waals surface area (Å²) in [5.41, 5.74) is 10.2. The van der Waals surface area contributed by atoms with E-state index < -0.39 is 0 Å². The number of aromatic nitrogens is 3. The van der Waals surface area contributed by atoms with E-state index in [1.54, 1.807) is 0 Å². The minimum atomic E-state index is 0.522. The molecule has 0 saturated carbocycles. The number of oxazole rings is 1. The highest BCUT2D eigenvalue weighted by Gasteiger charge is 2.10. The Kier molecular flexibility index (Phi) is 1.95. The maximum Gasteiger partial charge on any atom is 0.192 e. The number of benzene rings is 1. The molecule has 0 fully saturated rings. The third kappa shape index (κ3) is 1.47. The summed E-state index contributed by atoms with van der Waals surface area (Å²) in [6.45, 7) is 3.77. The Labute approximate surface area is 97.7 Å². The number of H-pyrrole nitrogens is 1. The number of nitrogens with zero attached hydrogens (tertiary/aromatic N) is 2. The zero-order valence-electron chi connectivity index (χ0n) is 9.61. The van der Waals surface area contributed by atoms with E-state index in [0.717, 1.165) is 27.9 Å². The average Bonchev–Trinajstić information content (AvgIpc) is 2.81. The number of aromatic amines is 1. The second-order valence-corrected chi connectivity index (χ2v) is 4.02. The van der Waals surface area contributed by atoms with E-state index in [0.29, 0.717) is 11.7 Å². The number of rotatable bonds is 1. The molecule has 0 aliphatic carbocycles. The average molecular weight is 228 g/mol. The van der Waals surface area contributed by atoms with Crippen molar-refractivity contribution in [1.29, 1.82) is 0 Å². The van der Waals surface area contributed by atoms with Gasteiger partial charge in [-0.1, -0.05) is 6.07 Å². The van der Waals surface area contributed by atoms with Gasteiger partial charge < -0.3 is 10.2 Å². The van der Waals surface area contributed by atoms with Gasteiger partial charge in [-0.2, -0.15) is 5.10 Å². The van der Waals surface area contributed by atoms with Crippen LogP contribution in [0.15, 0.2) is 22.6 Å². The molecule has 5 nitrogen and oxygen atoms in total. The molecule has 0 aliphatic heterocycles. The molecular weight excluding hydrogens is 216 g/mol. The van der Waals surface area contributed by atoms with E-state index in [2.05, 4.69) is 15.2 Å². The van der Waals surface area contributed by atoms with Gasteiger partial charge in [-0.25, -0.2) is 4.98 Å². The second kappa shape index (κ2) is 3.35. The number of fused-ring (bicyclic) bond motifs is 1. The van der Waals surface area contributed by atoms with Gasteiger partial charge in [-0.15, -0.1) is 0 Å². The molecule has 5 heteroatoms. The summed E-state index contributed by atoms with van der Waals surface area (Å²) in [5.74, 6) is 1.19. The lowest BCUT2D eigenvalue weighted by atomic mass is 10.1. The van der Waals surface area contributed by atoms with E-state index in [1.165, 1.54) is 0 Å². The molecule has 2 aromatic heterocycles. The van der Waals surface area contributed by atoms with Crippen LogP contribution in [0.5, 0.6) is 0 Å². The lowest BCUT2D eigenvalue weighted by Gasteiger charge is -1.98. The van der Waals surface area contributed by atoms with Crippen LogP contribution in [-0.4, -0.2) is 15.2 Å². The predicted molar refractivity (Wildman–Crippen MR) is 65.5 cm³/mol. The van der Waals surface area contributed by atoms with Crippen LogP contribution >= 0.6 is 0 Å². The molecular formula is C12H12N4O. The van der Waals surface area contributed by atoms with E-state index >= 15 is 0 Å². The Bertz CT molecular complexity index is 696. The van der Waals surface area contributed by atoms with Crippen molar-refractivity contribution in [2.45, 2.75) is 13.8 Å². The van der Waals surface area contributed by atoms with Crippen molar-refractivity contribution < 1.29 is 4.42 Å². The Hall–Kier alpha value is -2.30. The molecule has 0 bridgehead atoms. The third-order valence-corrected chi connectivity index (χ3v) is 2.83. The van der Waals surface area contributed by atoms with Gasteiger partial charge in [0, 0.05) is 18.1 Å². The predicted octanol–water partition coefficient (Wildman–Crippen LogP) is 2.42. The number of aryl methyl sites for hydroxylation is 1. The van der Waals surface area contributed by atoms with E-state index in [1.807, 2.05) is 32.0 Å². The topological polar surface area (TPSA) is 80.7 Å². The van der Waals surface area contributed by atoms with Crippen LogP contribution in [-0.2, 0) is 0 Å². The van der Waals surface area contributed by atoms with Crippen LogP contribution in [0.25, 0.3) is 22.4 Å². The first-order valence-corrected chi connectivity index (χ1v) is 5.33. The van der Waals surface area contributed by atoms with Crippen molar-refractivity contribution in [1.82, 2.24) is 15.2 Å². The first kappa shape index (κ1) is 9.89.